The van der Waals surface area contributed by atoms with E-state index in [1.807, 2.05) is 43.3 Å². The first-order valence-corrected chi connectivity index (χ1v) is 4.09. The zero-order valence-electron chi connectivity index (χ0n) is 8.23. The van der Waals surface area contributed by atoms with Gasteiger partial charge in [0.25, 0.3) is 0 Å². The van der Waals surface area contributed by atoms with Crippen molar-refractivity contribution in [1.82, 2.24) is 9.97 Å². The Bertz CT molecular complexity index is 428. The summed E-state index contributed by atoms with van der Waals surface area (Å²) in [6, 6.07) is 7.78. The molecule has 2 rings (SSSR count). The minimum atomic E-state index is 0. The summed E-state index contributed by atoms with van der Waals surface area (Å²) in [4.78, 5) is 10.4. The molecule has 0 unspecified atom stereocenters. The molecule has 0 N–H and O–H groups in total. The number of rotatable bonds is 1. The van der Waals surface area contributed by atoms with Crippen LogP contribution in [0.3, 0.4) is 0 Å². The fourth-order valence-electron chi connectivity index (χ4n) is 1.10. The zero-order chi connectivity index (χ0) is 9.26. The van der Waals surface area contributed by atoms with Crippen LogP contribution in [0.2, 0.25) is 0 Å². The maximum Gasteiger partial charge on any atom is 0.0522 e. The molecule has 0 aliphatic carbocycles. The second-order valence-electron chi connectivity index (χ2n) is 3.04. The van der Waals surface area contributed by atoms with Crippen molar-refractivity contribution in [2.45, 2.75) is 0 Å². The van der Waals surface area contributed by atoms with Crippen molar-refractivity contribution < 1.29 is 32.7 Å². The van der Waals surface area contributed by atoms with Crippen LogP contribution in [-0.2, 0) is 32.7 Å². The number of para-hydroxylation sites is 2. The predicted octanol–water partition coefficient (Wildman–Crippen LogP) is 1.49. The third kappa shape index (κ3) is 2.28. The molecule has 2 aromatic rings. The Hall–Kier alpha value is -0.536. The fraction of sp³-hybridized carbons (Fsp3) is 0.200. The largest absolute Gasteiger partial charge is 0.446 e. The van der Waals surface area contributed by atoms with Crippen LogP contribution in [0.15, 0.2) is 24.3 Å². The van der Waals surface area contributed by atoms with Crippen molar-refractivity contribution in [3.05, 3.63) is 30.5 Å². The number of hydrogen-bond acceptors (Lipinski definition) is 3. The second kappa shape index (κ2) is 4.80. The van der Waals surface area contributed by atoms with Gasteiger partial charge in [0.05, 0.1) is 5.82 Å². The Morgan fingerprint density at radius 3 is 2.43 bits per heavy atom. The van der Waals surface area contributed by atoms with Gasteiger partial charge >= 0.3 is 0 Å². The minimum Gasteiger partial charge on any atom is -0.446 e. The van der Waals surface area contributed by atoms with Gasteiger partial charge in [0.15, 0.2) is 0 Å². The van der Waals surface area contributed by atoms with Gasteiger partial charge in [-0.05, 0) is 0 Å². The molecule has 1 heterocycles. The van der Waals surface area contributed by atoms with Gasteiger partial charge in [0.1, 0.15) is 0 Å². The molecule has 0 saturated heterocycles. The molecular formula is C10H10N3Y-. The Morgan fingerprint density at radius 2 is 1.79 bits per heavy atom. The second-order valence-corrected chi connectivity index (χ2v) is 3.04. The summed E-state index contributed by atoms with van der Waals surface area (Å²) < 4.78 is 0. The summed E-state index contributed by atoms with van der Waals surface area (Å²) >= 11 is 0. The molecule has 0 atom stereocenters. The number of benzene rings is 1. The van der Waals surface area contributed by atoms with Gasteiger partial charge in [-0.25, -0.2) is 0 Å². The van der Waals surface area contributed by atoms with E-state index in [4.69, 9.17) is 0 Å². The number of hydrogen-bond donors (Lipinski definition) is 0. The van der Waals surface area contributed by atoms with E-state index in [0.29, 0.717) is 0 Å². The van der Waals surface area contributed by atoms with Crippen LogP contribution in [0.5, 0.6) is 0 Å². The SMILES string of the molecule is CN(C)c1[c-]nc2ccccc2n1.[Y]. The zero-order valence-corrected chi connectivity index (χ0v) is 11.1. The first kappa shape index (κ1) is 11.5. The normalized spacial score (nSPS) is 9.57. The topological polar surface area (TPSA) is 29.0 Å². The number of fused-ring (bicyclic) bond motifs is 1. The smallest absolute Gasteiger partial charge is 0.0522 e. The molecule has 0 aliphatic heterocycles. The molecular weight excluding hydrogens is 251 g/mol. The summed E-state index contributed by atoms with van der Waals surface area (Å²) in [5.74, 6) is 0.763. The summed E-state index contributed by atoms with van der Waals surface area (Å²) in [6.45, 7) is 0. The van der Waals surface area contributed by atoms with Gasteiger partial charge in [-0.15, -0.1) is 12.3 Å². The van der Waals surface area contributed by atoms with Crippen molar-refractivity contribution in [3.8, 4) is 0 Å². The van der Waals surface area contributed by atoms with Crippen LogP contribution in [0.25, 0.3) is 11.0 Å². The van der Waals surface area contributed by atoms with Gasteiger partial charge in [-0.2, -0.15) is 0 Å². The van der Waals surface area contributed by atoms with E-state index in [9.17, 15) is 0 Å². The van der Waals surface area contributed by atoms with Gasteiger partial charge in [-0.1, -0.05) is 23.7 Å². The number of aromatic nitrogens is 2. The molecule has 69 valence electrons. The molecule has 4 heteroatoms. The van der Waals surface area contributed by atoms with E-state index in [1.54, 1.807) is 0 Å². The molecule has 0 saturated carbocycles. The van der Waals surface area contributed by atoms with Gasteiger partial charge in [0, 0.05) is 52.3 Å². The van der Waals surface area contributed by atoms with Crippen molar-refractivity contribution in [3.63, 3.8) is 0 Å². The van der Waals surface area contributed by atoms with E-state index in [2.05, 4.69) is 16.2 Å². The predicted molar refractivity (Wildman–Crippen MR) is 52.7 cm³/mol. The average molecular weight is 261 g/mol. The van der Waals surface area contributed by atoms with E-state index in [-0.39, 0.29) is 32.7 Å². The van der Waals surface area contributed by atoms with E-state index >= 15 is 0 Å². The van der Waals surface area contributed by atoms with Crippen LogP contribution in [0.1, 0.15) is 0 Å². The molecule has 0 aliphatic rings. The van der Waals surface area contributed by atoms with Crippen molar-refractivity contribution in [1.29, 1.82) is 0 Å². The third-order valence-corrected chi connectivity index (χ3v) is 1.81. The Labute approximate surface area is 108 Å². The van der Waals surface area contributed by atoms with Crippen molar-refractivity contribution >= 4 is 16.9 Å². The van der Waals surface area contributed by atoms with Crippen LogP contribution in [-0.4, -0.2) is 24.1 Å². The summed E-state index contributed by atoms with van der Waals surface area (Å²) in [6.07, 6.45) is 2.88. The maximum atomic E-state index is 4.38. The summed E-state index contributed by atoms with van der Waals surface area (Å²) in [5.41, 5.74) is 1.79. The Kier molecular flexibility index (Phi) is 3.96. The molecule has 3 nitrogen and oxygen atoms in total. The molecule has 1 radical (unpaired) electrons. The molecule has 1 aromatic carbocycles. The van der Waals surface area contributed by atoms with E-state index < -0.39 is 0 Å². The minimum absolute atomic E-state index is 0. The van der Waals surface area contributed by atoms with Crippen LogP contribution >= 0.6 is 0 Å². The van der Waals surface area contributed by atoms with E-state index in [1.165, 1.54) is 0 Å². The third-order valence-electron chi connectivity index (χ3n) is 1.81. The van der Waals surface area contributed by atoms with Crippen molar-refractivity contribution in [2.24, 2.45) is 0 Å². The Balaban J connectivity index is 0.000000980. The fourth-order valence-corrected chi connectivity index (χ4v) is 1.10. The van der Waals surface area contributed by atoms with Crippen LogP contribution in [0.4, 0.5) is 5.82 Å². The maximum absolute atomic E-state index is 4.38. The molecule has 0 fully saturated rings. The number of nitrogens with zero attached hydrogens (tertiary/aromatic N) is 3. The Morgan fingerprint density at radius 1 is 1.14 bits per heavy atom. The van der Waals surface area contributed by atoms with Gasteiger partial charge < -0.3 is 9.88 Å². The van der Waals surface area contributed by atoms with E-state index in [0.717, 1.165) is 16.9 Å². The monoisotopic (exact) mass is 261 g/mol. The molecule has 0 spiro atoms. The molecule has 14 heavy (non-hydrogen) atoms. The standard InChI is InChI=1S/C10H10N3.Y/c1-13(2)10-7-11-8-5-3-4-6-9(8)12-10;/h3-6H,1-2H3;/q-1;. The summed E-state index contributed by atoms with van der Waals surface area (Å²) in [7, 11) is 3.85. The van der Waals surface area contributed by atoms with Gasteiger partial charge in [0.2, 0.25) is 0 Å². The summed E-state index contributed by atoms with van der Waals surface area (Å²) in [5, 5.41) is 0. The molecule has 1 aromatic heterocycles. The van der Waals surface area contributed by atoms with Crippen LogP contribution < -0.4 is 4.90 Å². The average Bonchev–Trinajstić information content (AvgIpc) is 2.17. The first-order valence-electron chi connectivity index (χ1n) is 4.09. The first-order chi connectivity index (χ1) is 6.27. The number of anilines is 1. The quantitative estimate of drug-likeness (QED) is 0.728. The van der Waals surface area contributed by atoms with Gasteiger partial charge in [-0.3, -0.25) is 4.98 Å². The molecule has 0 amide bonds. The molecule has 0 bridgehead atoms. The van der Waals surface area contributed by atoms with Crippen molar-refractivity contribution in [2.75, 3.05) is 19.0 Å². The van der Waals surface area contributed by atoms with Crippen LogP contribution in [0, 0.1) is 6.20 Å².